The average molecular weight is 497 g/mol. The van der Waals surface area contributed by atoms with Crippen molar-refractivity contribution in [1.82, 2.24) is 10.6 Å². The zero-order valence-electron chi connectivity index (χ0n) is 19.7. The molecule has 2 unspecified atom stereocenters. The van der Waals surface area contributed by atoms with E-state index in [9.17, 15) is 14.4 Å². The number of carboxylic acids is 1. The van der Waals surface area contributed by atoms with Gasteiger partial charge in [0, 0.05) is 31.2 Å². The second-order valence-electron chi connectivity index (χ2n) is 9.25. The van der Waals surface area contributed by atoms with E-state index < -0.39 is 12.1 Å². The number of benzene rings is 2. The number of hydrogen-bond donors (Lipinski definition) is 3. The number of carbonyl (C=O) groups excluding carboxylic acids is 2. The number of thioether (sulfide) groups is 1. The number of alkyl carbamates (subject to hydrolysis) is 1. The SMILES string of the molecule is O=C(O)CC1CCC(CNC(=O)CSCCNC(=O)OCC2c3ccccc3-c3ccccc32)C1. The first-order valence-electron chi connectivity index (χ1n) is 12.2. The molecule has 1 fully saturated rings. The van der Waals surface area contributed by atoms with Gasteiger partial charge < -0.3 is 20.5 Å². The maximum atomic E-state index is 12.2. The molecule has 2 aromatic rings. The van der Waals surface area contributed by atoms with Crippen molar-refractivity contribution in [2.75, 3.05) is 31.2 Å². The second kappa shape index (κ2) is 12.1. The number of ether oxygens (including phenoxy) is 1. The Morgan fingerprint density at radius 2 is 1.60 bits per heavy atom. The van der Waals surface area contributed by atoms with E-state index in [-0.39, 0.29) is 30.8 Å². The molecule has 2 aromatic carbocycles. The van der Waals surface area contributed by atoms with Crippen molar-refractivity contribution in [3.05, 3.63) is 59.7 Å². The number of fused-ring (bicyclic) bond motifs is 3. The largest absolute Gasteiger partial charge is 0.481 e. The lowest BCUT2D eigenvalue weighted by molar-refractivity contribution is -0.138. The van der Waals surface area contributed by atoms with E-state index >= 15 is 0 Å². The Labute approximate surface area is 210 Å². The number of nitrogens with one attached hydrogen (secondary N) is 2. The first-order chi connectivity index (χ1) is 17.0. The number of hydrogen-bond acceptors (Lipinski definition) is 5. The Morgan fingerprint density at radius 3 is 2.29 bits per heavy atom. The molecule has 0 spiro atoms. The molecule has 35 heavy (non-hydrogen) atoms. The van der Waals surface area contributed by atoms with Crippen LogP contribution in [0.2, 0.25) is 0 Å². The zero-order valence-corrected chi connectivity index (χ0v) is 20.5. The lowest BCUT2D eigenvalue weighted by atomic mass is 9.98. The van der Waals surface area contributed by atoms with E-state index in [0.29, 0.717) is 30.5 Å². The van der Waals surface area contributed by atoms with E-state index in [1.54, 1.807) is 0 Å². The van der Waals surface area contributed by atoms with Crippen molar-refractivity contribution < 1.29 is 24.2 Å². The number of carbonyl (C=O) groups is 3. The lowest BCUT2D eigenvalue weighted by Crippen LogP contribution is -2.31. The molecule has 4 rings (SSSR count). The number of carboxylic acid groups (broad SMARTS) is 1. The number of amides is 2. The molecule has 0 saturated heterocycles. The molecule has 0 bridgehead atoms. The summed E-state index contributed by atoms with van der Waals surface area (Å²) in [5, 5.41) is 14.6. The van der Waals surface area contributed by atoms with Crippen LogP contribution < -0.4 is 10.6 Å². The van der Waals surface area contributed by atoms with E-state index in [0.717, 1.165) is 19.3 Å². The first kappa shape index (κ1) is 25.1. The van der Waals surface area contributed by atoms with Crippen LogP contribution in [0.25, 0.3) is 11.1 Å². The smallest absolute Gasteiger partial charge is 0.407 e. The molecule has 2 amide bonds. The Balaban J connectivity index is 1.09. The van der Waals surface area contributed by atoms with Gasteiger partial charge in [-0.25, -0.2) is 4.79 Å². The monoisotopic (exact) mass is 496 g/mol. The summed E-state index contributed by atoms with van der Waals surface area (Å²) in [6.07, 6.45) is 2.52. The van der Waals surface area contributed by atoms with Crippen molar-refractivity contribution in [2.45, 2.75) is 31.6 Å². The van der Waals surface area contributed by atoms with E-state index in [2.05, 4.69) is 34.9 Å². The van der Waals surface area contributed by atoms with E-state index in [4.69, 9.17) is 9.84 Å². The topological polar surface area (TPSA) is 105 Å². The minimum atomic E-state index is -0.747. The molecular weight excluding hydrogens is 464 g/mol. The Hall–Kier alpha value is -3.00. The van der Waals surface area contributed by atoms with Crippen LogP contribution in [-0.4, -0.2) is 54.3 Å². The van der Waals surface area contributed by atoms with Crippen LogP contribution in [0.3, 0.4) is 0 Å². The first-order valence-corrected chi connectivity index (χ1v) is 13.3. The van der Waals surface area contributed by atoms with Gasteiger partial charge in [0.05, 0.1) is 5.75 Å². The quantitative estimate of drug-likeness (QED) is 0.402. The van der Waals surface area contributed by atoms with Gasteiger partial charge in [0.2, 0.25) is 5.91 Å². The lowest BCUT2D eigenvalue weighted by Gasteiger charge is -2.14. The molecule has 1 saturated carbocycles. The van der Waals surface area contributed by atoms with Gasteiger partial charge in [-0.1, -0.05) is 48.5 Å². The summed E-state index contributed by atoms with van der Waals surface area (Å²) < 4.78 is 5.52. The normalized spacial score (nSPS) is 18.5. The summed E-state index contributed by atoms with van der Waals surface area (Å²) in [4.78, 5) is 35.1. The predicted molar refractivity (Wildman–Crippen MR) is 136 cm³/mol. The van der Waals surface area contributed by atoms with Crippen molar-refractivity contribution in [1.29, 1.82) is 0 Å². The maximum absolute atomic E-state index is 12.2. The van der Waals surface area contributed by atoms with Gasteiger partial charge >= 0.3 is 12.1 Å². The van der Waals surface area contributed by atoms with Crippen LogP contribution in [0.15, 0.2) is 48.5 Å². The molecule has 0 aliphatic heterocycles. The van der Waals surface area contributed by atoms with Crippen LogP contribution in [0.5, 0.6) is 0 Å². The highest BCUT2D eigenvalue weighted by atomic mass is 32.2. The third kappa shape index (κ3) is 6.78. The van der Waals surface area contributed by atoms with Crippen molar-refractivity contribution in [3.63, 3.8) is 0 Å². The van der Waals surface area contributed by atoms with Crippen molar-refractivity contribution >= 4 is 29.7 Å². The van der Waals surface area contributed by atoms with Gasteiger partial charge in [-0.2, -0.15) is 11.8 Å². The second-order valence-corrected chi connectivity index (χ2v) is 10.4. The van der Waals surface area contributed by atoms with Crippen LogP contribution in [0, 0.1) is 11.8 Å². The standard InChI is InChI=1S/C27H32N2O5S/c30-25(29-15-19-10-9-18(13-19)14-26(31)32)17-35-12-11-28-27(33)34-16-24-22-7-3-1-5-20(22)21-6-2-4-8-23(21)24/h1-8,18-19,24H,9-17H2,(H,28,33)(H,29,30)(H,31,32). The summed E-state index contributed by atoms with van der Waals surface area (Å²) in [7, 11) is 0. The third-order valence-electron chi connectivity index (χ3n) is 6.79. The molecular formula is C27H32N2O5S. The molecule has 3 N–H and O–H groups in total. The summed E-state index contributed by atoms with van der Waals surface area (Å²) >= 11 is 1.46. The highest BCUT2D eigenvalue weighted by Crippen LogP contribution is 2.44. The Kier molecular flexibility index (Phi) is 8.69. The maximum Gasteiger partial charge on any atom is 0.407 e. The highest BCUT2D eigenvalue weighted by molar-refractivity contribution is 7.99. The number of rotatable bonds is 11. The fourth-order valence-electron chi connectivity index (χ4n) is 5.15. The van der Waals surface area contributed by atoms with Crippen molar-refractivity contribution in [2.24, 2.45) is 11.8 Å². The van der Waals surface area contributed by atoms with Crippen LogP contribution in [0.4, 0.5) is 4.79 Å². The Bertz CT molecular complexity index is 1010. The summed E-state index contributed by atoms with van der Waals surface area (Å²) in [6.45, 7) is 1.31. The molecule has 7 nitrogen and oxygen atoms in total. The highest BCUT2D eigenvalue weighted by Gasteiger charge is 2.29. The van der Waals surface area contributed by atoms with E-state index in [1.165, 1.54) is 34.0 Å². The molecule has 8 heteroatoms. The fraction of sp³-hybridized carbons (Fsp3) is 0.444. The van der Waals surface area contributed by atoms with Gasteiger partial charge in [0.25, 0.3) is 0 Å². The predicted octanol–water partition coefficient (Wildman–Crippen LogP) is 4.27. The van der Waals surface area contributed by atoms with Gasteiger partial charge in [-0.3, -0.25) is 9.59 Å². The van der Waals surface area contributed by atoms with Crippen LogP contribution in [0.1, 0.15) is 42.7 Å². The minimum Gasteiger partial charge on any atom is -0.481 e. The van der Waals surface area contributed by atoms with Gasteiger partial charge in [-0.15, -0.1) is 0 Å². The summed E-state index contributed by atoms with van der Waals surface area (Å²) in [5.74, 6) is 0.793. The fourth-order valence-corrected chi connectivity index (χ4v) is 5.82. The van der Waals surface area contributed by atoms with Crippen LogP contribution >= 0.6 is 11.8 Å². The molecule has 2 aliphatic rings. The molecule has 0 aromatic heterocycles. The van der Waals surface area contributed by atoms with Gasteiger partial charge in [-0.05, 0) is 53.4 Å². The molecule has 0 radical (unpaired) electrons. The Morgan fingerprint density at radius 1 is 0.943 bits per heavy atom. The molecule has 2 atom stereocenters. The molecule has 2 aliphatic carbocycles. The zero-order chi connectivity index (χ0) is 24.6. The minimum absolute atomic E-state index is 0.0298. The molecule has 0 heterocycles. The average Bonchev–Trinajstić information content (AvgIpc) is 3.43. The van der Waals surface area contributed by atoms with E-state index in [1.807, 2.05) is 24.3 Å². The van der Waals surface area contributed by atoms with Crippen LogP contribution in [-0.2, 0) is 14.3 Å². The summed E-state index contributed by atoms with van der Waals surface area (Å²) in [5.41, 5.74) is 4.75. The van der Waals surface area contributed by atoms with Gasteiger partial charge in [0.1, 0.15) is 6.61 Å². The van der Waals surface area contributed by atoms with Gasteiger partial charge in [0.15, 0.2) is 0 Å². The van der Waals surface area contributed by atoms with Crippen molar-refractivity contribution in [3.8, 4) is 11.1 Å². The summed E-state index contributed by atoms with van der Waals surface area (Å²) in [6, 6.07) is 16.4. The molecule has 186 valence electrons. The third-order valence-corrected chi connectivity index (χ3v) is 7.75. The number of aliphatic carboxylic acids is 1.